The van der Waals surface area contributed by atoms with E-state index in [4.69, 9.17) is 15.6 Å². The first-order valence-electron chi connectivity index (χ1n) is 3.43. The first-order valence-corrected chi connectivity index (χ1v) is 4.22. The Morgan fingerprint density at radius 3 is 2.69 bits per heavy atom. The lowest BCUT2D eigenvalue weighted by atomic mass is 10.1. The van der Waals surface area contributed by atoms with Crippen LogP contribution in [-0.2, 0) is 0 Å². The van der Waals surface area contributed by atoms with Crippen LogP contribution in [0, 0.1) is 0 Å². The molecule has 0 heterocycles. The molecule has 0 aliphatic rings. The minimum Gasteiger partial charge on any atom is -0.495 e. The number of hydrogen-bond acceptors (Lipinski definition) is 3. The number of carboxylic acid groups (broad SMARTS) is 1. The Bertz CT molecular complexity index is 351. The summed E-state index contributed by atoms with van der Waals surface area (Å²) >= 11 is 3.09. The van der Waals surface area contributed by atoms with Crippen LogP contribution >= 0.6 is 15.9 Å². The summed E-state index contributed by atoms with van der Waals surface area (Å²) in [6.07, 6.45) is 0. The van der Waals surface area contributed by atoms with Crippen molar-refractivity contribution in [2.45, 2.75) is 0 Å². The third-order valence-corrected chi connectivity index (χ3v) is 2.25. The maximum absolute atomic E-state index is 10.7. The smallest absolute Gasteiger partial charge is 0.339 e. The van der Waals surface area contributed by atoms with Gasteiger partial charge in [-0.05, 0) is 28.1 Å². The zero-order valence-electron chi connectivity index (χ0n) is 6.87. The minimum absolute atomic E-state index is 0.0272. The molecule has 0 saturated carbocycles. The molecule has 1 aromatic carbocycles. The van der Waals surface area contributed by atoms with Crippen molar-refractivity contribution in [3.8, 4) is 5.75 Å². The van der Waals surface area contributed by atoms with Gasteiger partial charge in [0.05, 0.1) is 12.8 Å². The van der Waals surface area contributed by atoms with Crippen LogP contribution in [0.15, 0.2) is 16.6 Å². The van der Waals surface area contributed by atoms with Gasteiger partial charge < -0.3 is 15.6 Å². The van der Waals surface area contributed by atoms with Gasteiger partial charge in [-0.25, -0.2) is 4.79 Å². The number of nitrogens with two attached hydrogens (primary N) is 1. The average Bonchev–Trinajstić information content (AvgIpc) is 2.04. The lowest BCUT2D eigenvalue weighted by Crippen LogP contribution is -2.05. The monoisotopic (exact) mass is 245 g/mol. The van der Waals surface area contributed by atoms with Gasteiger partial charge in [0, 0.05) is 4.47 Å². The Kier molecular flexibility index (Phi) is 2.77. The summed E-state index contributed by atoms with van der Waals surface area (Å²) in [5, 5.41) is 8.80. The van der Waals surface area contributed by atoms with Crippen LogP contribution in [0.2, 0.25) is 0 Å². The molecular weight excluding hydrogens is 238 g/mol. The maximum Gasteiger partial charge on any atom is 0.339 e. The molecule has 4 nitrogen and oxygen atoms in total. The van der Waals surface area contributed by atoms with Crippen molar-refractivity contribution in [2.75, 3.05) is 12.8 Å². The molecule has 13 heavy (non-hydrogen) atoms. The number of rotatable bonds is 2. The number of carbonyl (C=O) groups is 1. The molecule has 0 bridgehead atoms. The lowest BCUT2D eigenvalue weighted by Gasteiger charge is -2.08. The first-order chi connectivity index (χ1) is 6.07. The fourth-order valence-electron chi connectivity index (χ4n) is 0.969. The van der Waals surface area contributed by atoms with Crippen molar-refractivity contribution in [3.05, 3.63) is 22.2 Å². The van der Waals surface area contributed by atoms with E-state index in [1.165, 1.54) is 7.11 Å². The van der Waals surface area contributed by atoms with Crippen LogP contribution in [-0.4, -0.2) is 18.2 Å². The number of anilines is 1. The molecule has 0 unspecified atom stereocenters. The highest BCUT2D eigenvalue weighted by molar-refractivity contribution is 9.10. The van der Waals surface area contributed by atoms with E-state index in [1.807, 2.05) is 0 Å². The van der Waals surface area contributed by atoms with Crippen molar-refractivity contribution < 1.29 is 14.6 Å². The lowest BCUT2D eigenvalue weighted by molar-refractivity contribution is 0.0696. The predicted octanol–water partition coefficient (Wildman–Crippen LogP) is 1.74. The van der Waals surface area contributed by atoms with Crippen molar-refractivity contribution >= 4 is 27.6 Å². The molecular formula is C8H8BrNO3. The van der Waals surface area contributed by atoms with Gasteiger partial charge in [-0.2, -0.15) is 0 Å². The second kappa shape index (κ2) is 3.66. The Morgan fingerprint density at radius 1 is 1.62 bits per heavy atom. The Labute approximate surface area is 83.4 Å². The fraction of sp³-hybridized carbons (Fsp3) is 0.125. The molecule has 70 valence electrons. The molecule has 0 aromatic heterocycles. The van der Waals surface area contributed by atoms with Gasteiger partial charge in [-0.1, -0.05) is 0 Å². The van der Waals surface area contributed by atoms with E-state index in [1.54, 1.807) is 12.1 Å². The molecule has 0 aliphatic heterocycles. The van der Waals surface area contributed by atoms with Gasteiger partial charge in [0.2, 0.25) is 0 Å². The summed E-state index contributed by atoms with van der Waals surface area (Å²) in [5.41, 5.74) is 5.72. The van der Waals surface area contributed by atoms with E-state index in [0.717, 1.165) is 0 Å². The molecule has 0 aliphatic carbocycles. The van der Waals surface area contributed by atoms with E-state index >= 15 is 0 Å². The number of carboxylic acids is 1. The number of methoxy groups -OCH3 is 1. The number of nitrogen functional groups attached to an aromatic ring is 1. The van der Waals surface area contributed by atoms with Gasteiger partial charge in [-0.15, -0.1) is 0 Å². The van der Waals surface area contributed by atoms with Crippen LogP contribution in [0.1, 0.15) is 10.4 Å². The SMILES string of the molecule is COc1ccc(Br)c(C(=O)O)c1N. The molecule has 0 fully saturated rings. The van der Waals surface area contributed by atoms with Crippen LogP contribution in [0.25, 0.3) is 0 Å². The maximum atomic E-state index is 10.7. The Morgan fingerprint density at radius 2 is 2.23 bits per heavy atom. The quantitative estimate of drug-likeness (QED) is 0.779. The van der Waals surface area contributed by atoms with Crippen LogP contribution in [0.5, 0.6) is 5.75 Å². The summed E-state index contributed by atoms with van der Waals surface area (Å²) in [6, 6.07) is 3.19. The second-order valence-corrected chi connectivity index (χ2v) is 3.20. The highest BCUT2D eigenvalue weighted by Gasteiger charge is 2.15. The Balaban J connectivity index is 3.38. The highest BCUT2D eigenvalue weighted by atomic mass is 79.9. The van der Waals surface area contributed by atoms with Crippen molar-refractivity contribution in [2.24, 2.45) is 0 Å². The normalized spacial score (nSPS) is 9.69. The van der Waals surface area contributed by atoms with Gasteiger partial charge in [0.25, 0.3) is 0 Å². The van der Waals surface area contributed by atoms with E-state index in [9.17, 15) is 4.79 Å². The summed E-state index contributed by atoms with van der Waals surface area (Å²) in [5.74, 6) is -0.719. The second-order valence-electron chi connectivity index (χ2n) is 2.34. The molecule has 1 rings (SSSR count). The largest absolute Gasteiger partial charge is 0.495 e. The highest BCUT2D eigenvalue weighted by Crippen LogP contribution is 2.31. The van der Waals surface area contributed by atoms with Crippen molar-refractivity contribution in [3.63, 3.8) is 0 Å². The van der Waals surface area contributed by atoms with E-state index in [0.29, 0.717) is 10.2 Å². The third-order valence-electron chi connectivity index (χ3n) is 1.59. The van der Waals surface area contributed by atoms with Gasteiger partial charge in [0.15, 0.2) is 0 Å². The third kappa shape index (κ3) is 1.75. The van der Waals surface area contributed by atoms with Crippen molar-refractivity contribution in [1.29, 1.82) is 0 Å². The number of hydrogen-bond donors (Lipinski definition) is 2. The van der Waals surface area contributed by atoms with Crippen LogP contribution in [0.3, 0.4) is 0 Å². The molecule has 0 atom stereocenters. The summed E-state index contributed by atoms with van der Waals surface area (Å²) < 4.78 is 5.32. The first kappa shape index (κ1) is 9.85. The molecule has 3 N–H and O–H groups in total. The summed E-state index contributed by atoms with van der Waals surface area (Å²) in [4.78, 5) is 10.7. The summed E-state index contributed by atoms with van der Waals surface area (Å²) in [7, 11) is 1.44. The molecule has 0 saturated heterocycles. The number of aromatic carboxylic acids is 1. The fourth-order valence-corrected chi connectivity index (χ4v) is 1.48. The zero-order valence-corrected chi connectivity index (χ0v) is 8.46. The van der Waals surface area contributed by atoms with Crippen LogP contribution in [0.4, 0.5) is 5.69 Å². The average molecular weight is 246 g/mol. The molecule has 0 amide bonds. The van der Waals surface area contributed by atoms with Gasteiger partial charge >= 0.3 is 5.97 Å². The minimum atomic E-state index is -1.08. The van der Waals surface area contributed by atoms with E-state index < -0.39 is 5.97 Å². The van der Waals surface area contributed by atoms with Crippen molar-refractivity contribution in [1.82, 2.24) is 0 Å². The number of benzene rings is 1. The predicted molar refractivity (Wildman–Crippen MR) is 52.1 cm³/mol. The standard InChI is InChI=1S/C8H8BrNO3/c1-13-5-3-2-4(9)6(7(5)10)8(11)12/h2-3H,10H2,1H3,(H,11,12). The van der Waals surface area contributed by atoms with Crippen LogP contribution < -0.4 is 10.5 Å². The molecule has 0 radical (unpaired) electrons. The molecule has 1 aromatic rings. The van der Waals surface area contributed by atoms with E-state index in [2.05, 4.69) is 15.9 Å². The molecule has 0 spiro atoms. The number of ether oxygens (including phenoxy) is 1. The summed E-state index contributed by atoms with van der Waals surface area (Å²) in [6.45, 7) is 0. The zero-order chi connectivity index (χ0) is 10.0. The Hall–Kier alpha value is -1.23. The molecule has 5 heteroatoms. The topological polar surface area (TPSA) is 72.5 Å². The van der Waals surface area contributed by atoms with Gasteiger partial charge in [-0.3, -0.25) is 0 Å². The van der Waals surface area contributed by atoms with E-state index in [-0.39, 0.29) is 11.3 Å². The number of halogens is 1. The van der Waals surface area contributed by atoms with Gasteiger partial charge in [0.1, 0.15) is 11.3 Å².